The molecule has 0 unspecified atom stereocenters. The normalized spacial score (nSPS) is 15.7. The lowest BCUT2D eigenvalue weighted by atomic mass is 10.1. The fourth-order valence-electron chi connectivity index (χ4n) is 2.41. The van der Waals surface area contributed by atoms with E-state index in [-0.39, 0.29) is 31.9 Å². The molecule has 27 heavy (non-hydrogen) atoms. The highest BCUT2D eigenvalue weighted by molar-refractivity contribution is 6.39. The average Bonchev–Trinajstić information content (AvgIpc) is 2.89. The van der Waals surface area contributed by atoms with Crippen LogP contribution in [0, 0.1) is 29.1 Å². The van der Waals surface area contributed by atoms with E-state index >= 15 is 0 Å². The average molecular weight is 421 g/mol. The summed E-state index contributed by atoms with van der Waals surface area (Å²) in [6.45, 7) is 1.32. The van der Waals surface area contributed by atoms with Crippen LogP contribution < -0.4 is 5.01 Å². The summed E-state index contributed by atoms with van der Waals surface area (Å²) in [4.78, 5) is 12.5. The van der Waals surface area contributed by atoms with Gasteiger partial charge >= 0.3 is 0 Å². The second-order valence-electron chi connectivity index (χ2n) is 5.41. The fourth-order valence-corrected chi connectivity index (χ4v) is 2.91. The molecule has 3 nitrogen and oxygen atoms in total. The van der Waals surface area contributed by atoms with Crippen molar-refractivity contribution in [2.75, 3.05) is 5.01 Å². The summed E-state index contributed by atoms with van der Waals surface area (Å²) in [7, 11) is 0. The molecule has 1 amide bonds. The van der Waals surface area contributed by atoms with Crippen molar-refractivity contribution in [1.29, 1.82) is 0 Å². The molecule has 10 heteroatoms. The van der Waals surface area contributed by atoms with E-state index in [1.54, 1.807) is 6.07 Å². The lowest BCUT2D eigenvalue weighted by Crippen LogP contribution is -2.25. The molecule has 0 saturated heterocycles. The molecular weight excluding hydrogens is 414 g/mol. The Morgan fingerprint density at radius 1 is 0.926 bits per heavy atom. The molecule has 0 aromatic heterocycles. The van der Waals surface area contributed by atoms with Gasteiger partial charge in [0.25, 0.3) is 5.91 Å². The maximum atomic E-state index is 14.0. The Labute approximate surface area is 159 Å². The van der Waals surface area contributed by atoms with E-state index in [4.69, 9.17) is 23.2 Å². The molecule has 0 spiro atoms. The van der Waals surface area contributed by atoms with Crippen LogP contribution in [0.15, 0.2) is 28.9 Å². The third-order valence-electron chi connectivity index (χ3n) is 3.75. The van der Waals surface area contributed by atoms with Crippen LogP contribution in [0.5, 0.6) is 0 Å². The molecule has 0 radical (unpaired) electrons. The van der Waals surface area contributed by atoms with Gasteiger partial charge in [0.15, 0.2) is 23.3 Å². The summed E-state index contributed by atoms with van der Waals surface area (Å²) in [6.07, 6.45) is 1.22. The molecule has 1 aliphatic heterocycles. The molecule has 3 rings (SSSR count). The van der Waals surface area contributed by atoms with Crippen LogP contribution in [0.2, 0.25) is 10.0 Å². The van der Waals surface area contributed by atoms with Crippen molar-refractivity contribution < 1.29 is 26.7 Å². The number of anilines is 1. The highest BCUT2D eigenvalue weighted by Gasteiger charge is 2.37. The third kappa shape index (κ3) is 3.08. The summed E-state index contributed by atoms with van der Waals surface area (Å²) < 4.78 is 68.1. The molecule has 140 valence electrons. The molecule has 0 aliphatic carbocycles. The molecule has 2 aromatic rings. The Hall–Kier alpha value is -2.45. The van der Waals surface area contributed by atoms with Crippen molar-refractivity contribution >= 4 is 46.6 Å². The maximum Gasteiger partial charge on any atom is 0.280 e. The van der Waals surface area contributed by atoms with E-state index in [0.29, 0.717) is 0 Å². The van der Waals surface area contributed by atoms with Crippen LogP contribution >= 0.6 is 23.2 Å². The highest BCUT2D eigenvalue weighted by Crippen LogP contribution is 2.35. The number of hydrazone groups is 1. The lowest BCUT2D eigenvalue weighted by Gasteiger charge is -2.15. The number of hydrogen-bond acceptors (Lipinski definition) is 2. The molecule has 0 saturated carbocycles. The molecular formula is C17H7Cl2F5N2O. The monoisotopic (exact) mass is 420 g/mol. The zero-order chi connectivity index (χ0) is 20.0. The first kappa shape index (κ1) is 19.3. The number of carbonyl (C=O) groups excluding carboxylic acids is 1. The summed E-state index contributed by atoms with van der Waals surface area (Å²) in [5.74, 6) is -12.2. The van der Waals surface area contributed by atoms with Gasteiger partial charge in [-0.1, -0.05) is 29.3 Å². The molecule has 0 atom stereocenters. The van der Waals surface area contributed by atoms with Crippen LogP contribution in [0.4, 0.5) is 27.6 Å². The largest absolute Gasteiger partial charge is 0.280 e. The summed E-state index contributed by atoms with van der Waals surface area (Å²) in [5.41, 5.74) is -1.43. The zero-order valence-electron chi connectivity index (χ0n) is 13.3. The van der Waals surface area contributed by atoms with Crippen molar-refractivity contribution in [3.63, 3.8) is 0 Å². The van der Waals surface area contributed by atoms with Gasteiger partial charge in [-0.2, -0.15) is 10.1 Å². The van der Waals surface area contributed by atoms with Crippen LogP contribution in [0.3, 0.4) is 0 Å². The van der Waals surface area contributed by atoms with Crippen molar-refractivity contribution in [2.24, 2.45) is 5.10 Å². The Morgan fingerprint density at radius 2 is 1.41 bits per heavy atom. The van der Waals surface area contributed by atoms with E-state index in [1.807, 2.05) is 0 Å². The minimum Gasteiger partial charge on any atom is -0.267 e. The Kier molecular flexibility index (Phi) is 4.96. The minimum absolute atomic E-state index is 0.0278. The van der Waals surface area contributed by atoms with Gasteiger partial charge in [0, 0.05) is 15.6 Å². The smallest absolute Gasteiger partial charge is 0.267 e. The van der Waals surface area contributed by atoms with E-state index in [0.717, 1.165) is 0 Å². The topological polar surface area (TPSA) is 32.7 Å². The van der Waals surface area contributed by atoms with Crippen LogP contribution in [0.25, 0.3) is 6.08 Å². The molecule has 1 aliphatic rings. The van der Waals surface area contributed by atoms with Gasteiger partial charge in [-0.3, -0.25) is 4.79 Å². The van der Waals surface area contributed by atoms with Crippen molar-refractivity contribution in [3.8, 4) is 0 Å². The molecule has 0 bridgehead atoms. The van der Waals surface area contributed by atoms with Gasteiger partial charge in [0.2, 0.25) is 5.82 Å². The number of rotatable bonds is 2. The van der Waals surface area contributed by atoms with Gasteiger partial charge in [-0.05, 0) is 25.1 Å². The van der Waals surface area contributed by atoms with E-state index in [9.17, 15) is 26.7 Å². The first-order chi connectivity index (χ1) is 12.6. The number of nitrogens with zero attached hydrogens (tertiary/aromatic N) is 2. The van der Waals surface area contributed by atoms with Crippen LogP contribution in [0.1, 0.15) is 12.5 Å². The standard InChI is InChI=1S/C17H7Cl2F5N2O/c1-6-7(5-8-9(18)3-2-4-10(8)19)17(27)26(25-6)16-14(23)12(21)11(20)13(22)15(16)24/h2-5H,1H3/b7-5-. The van der Waals surface area contributed by atoms with Gasteiger partial charge in [-0.15, -0.1) is 0 Å². The molecule has 0 fully saturated rings. The maximum absolute atomic E-state index is 14.0. The van der Waals surface area contributed by atoms with Gasteiger partial charge in [0.05, 0.1) is 11.3 Å². The minimum atomic E-state index is -2.33. The van der Waals surface area contributed by atoms with Gasteiger partial charge < -0.3 is 0 Å². The fraction of sp³-hybridized carbons (Fsp3) is 0.0588. The Bertz CT molecular complexity index is 1000. The summed E-state index contributed by atoms with van der Waals surface area (Å²) >= 11 is 12.0. The van der Waals surface area contributed by atoms with Gasteiger partial charge in [-0.25, -0.2) is 22.0 Å². The number of carbonyl (C=O) groups is 1. The predicted octanol–water partition coefficient (Wildman–Crippen LogP) is 5.50. The molecule has 2 aromatic carbocycles. The van der Waals surface area contributed by atoms with Gasteiger partial charge in [0.1, 0.15) is 5.69 Å². The SMILES string of the molecule is CC1=NN(c2c(F)c(F)c(F)c(F)c2F)C(=O)/C1=C\c1c(Cl)cccc1Cl. The number of benzene rings is 2. The Morgan fingerprint density at radius 3 is 1.93 bits per heavy atom. The van der Waals surface area contributed by atoms with Crippen molar-refractivity contribution in [2.45, 2.75) is 6.92 Å². The van der Waals surface area contributed by atoms with E-state index in [1.165, 1.54) is 25.1 Å². The third-order valence-corrected chi connectivity index (χ3v) is 4.41. The summed E-state index contributed by atoms with van der Waals surface area (Å²) in [6, 6.07) is 4.55. The van der Waals surface area contributed by atoms with Crippen LogP contribution in [-0.4, -0.2) is 11.6 Å². The quantitative estimate of drug-likeness (QED) is 0.273. The second-order valence-corrected chi connectivity index (χ2v) is 6.23. The number of hydrogen-bond donors (Lipinski definition) is 0. The number of halogens is 7. The molecule has 1 heterocycles. The Balaban J connectivity index is 2.14. The van der Waals surface area contributed by atoms with E-state index < -0.39 is 40.7 Å². The zero-order valence-corrected chi connectivity index (χ0v) is 14.8. The summed E-state index contributed by atoms with van der Waals surface area (Å²) in [5, 5.41) is 4.10. The number of amides is 1. The molecule has 0 N–H and O–H groups in total. The lowest BCUT2D eigenvalue weighted by molar-refractivity contribution is -0.114. The van der Waals surface area contributed by atoms with E-state index in [2.05, 4.69) is 5.10 Å². The van der Waals surface area contributed by atoms with Crippen molar-refractivity contribution in [3.05, 3.63) is 68.5 Å². The first-order valence-electron chi connectivity index (χ1n) is 7.22. The predicted molar refractivity (Wildman–Crippen MR) is 91.3 cm³/mol. The second kappa shape index (κ2) is 6.94. The van der Waals surface area contributed by atoms with Crippen LogP contribution in [-0.2, 0) is 4.79 Å². The first-order valence-corrected chi connectivity index (χ1v) is 7.98. The van der Waals surface area contributed by atoms with Crippen molar-refractivity contribution in [1.82, 2.24) is 0 Å². The highest BCUT2D eigenvalue weighted by atomic mass is 35.5.